The first kappa shape index (κ1) is 19.6. The van der Waals surface area contributed by atoms with Gasteiger partial charge in [-0.3, -0.25) is 4.79 Å². The first-order valence-corrected chi connectivity index (χ1v) is 9.09. The molecule has 0 bridgehead atoms. The van der Waals surface area contributed by atoms with Crippen molar-refractivity contribution in [3.8, 4) is 23.0 Å². The third-order valence-corrected chi connectivity index (χ3v) is 4.42. The quantitative estimate of drug-likeness (QED) is 0.528. The molecule has 2 aromatic rings. The van der Waals surface area contributed by atoms with Crippen LogP contribution in [0.1, 0.15) is 29.8 Å². The van der Waals surface area contributed by atoms with Crippen LogP contribution in [-0.4, -0.2) is 40.4 Å². The lowest BCUT2D eigenvalue weighted by molar-refractivity contribution is 0.103. The number of anilines is 1. The predicted octanol–water partition coefficient (Wildman–Crippen LogP) is 4.17. The summed E-state index contributed by atoms with van der Waals surface area (Å²) in [6.45, 7) is 4.46. The fraction of sp³-hybridized carbons (Fsp3) is 0.318. The van der Waals surface area contributed by atoms with E-state index in [0.717, 1.165) is 17.0 Å². The molecule has 0 amide bonds. The van der Waals surface area contributed by atoms with E-state index in [1.165, 1.54) is 0 Å². The van der Waals surface area contributed by atoms with Gasteiger partial charge >= 0.3 is 0 Å². The van der Waals surface area contributed by atoms with Crippen LogP contribution in [-0.2, 0) is 0 Å². The van der Waals surface area contributed by atoms with Crippen molar-refractivity contribution in [2.24, 2.45) is 0 Å². The molecule has 2 aromatic carbocycles. The van der Waals surface area contributed by atoms with Crippen LogP contribution in [0.3, 0.4) is 0 Å². The second-order valence-electron chi connectivity index (χ2n) is 6.62. The summed E-state index contributed by atoms with van der Waals surface area (Å²) in [6, 6.07) is 9.14. The number of Topliss-reactive ketones (excluding diaryl/α,β-unsaturated/α-hetero) is 1. The summed E-state index contributed by atoms with van der Waals surface area (Å²) >= 11 is 0. The van der Waals surface area contributed by atoms with Gasteiger partial charge in [0.25, 0.3) is 0 Å². The highest BCUT2D eigenvalue weighted by Gasteiger charge is 2.20. The highest BCUT2D eigenvalue weighted by atomic mass is 16.7. The van der Waals surface area contributed by atoms with Gasteiger partial charge < -0.3 is 23.8 Å². The Hall–Kier alpha value is -3.15. The monoisotopic (exact) mass is 383 g/mol. The number of nitrogens with zero attached hydrogens (tertiary/aromatic N) is 1. The number of hydrogen-bond acceptors (Lipinski definition) is 6. The van der Waals surface area contributed by atoms with Gasteiger partial charge in [-0.05, 0) is 61.4 Å². The summed E-state index contributed by atoms with van der Waals surface area (Å²) in [5, 5.41) is 0. The molecule has 148 valence electrons. The van der Waals surface area contributed by atoms with Gasteiger partial charge in [0.2, 0.25) is 12.5 Å². The standard InChI is InChI=1S/C22H25NO5/c1-6-26-18-8-7-16(12-17(18)23(3)4)21(24)14(2)9-15-10-19(25-5)22-20(11-15)27-13-28-22/h7-12H,6,13H2,1-5H3/b14-9+. The number of ether oxygens (including phenoxy) is 4. The van der Waals surface area contributed by atoms with Crippen LogP contribution in [0.25, 0.3) is 6.08 Å². The molecule has 1 aliphatic rings. The van der Waals surface area contributed by atoms with Gasteiger partial charge in [-0.25, -0.2) is 0 Å². The Morgan fingerprint density at radius 2 is 1.96 bits per heavy atom. The summed E-state index contributed by atoms with van der Waals surface area (Å²) in [5.41, 5.74) is 2.89. The SMILES string of the molecule is CCOc1ccc(C(=O)/C(C)=C/c2cc(OC)c3c(c2)OCO3)cc1N(C)C. The number of benzene rings is 2. The van der Waals surface area contributed by atoms with Crippen molar-refractivity contribution in [3.63, 3.8) is 0 Å². The molecule has 0 saturated heterocycles. The number of methoxy groups -OCH3 is 1. The van der Waals surface area contributed by atoms with Crippen LogP contribution in [0.5, 0.6) is 23.0 Å². The van der Waals surface area contributed by atoms with Crippen molar-refractivity contribution in [1.82, 2.24) is 0 Å². The average molecular weight is 383 g/mol. The molecule has 0 N–H and O–H groups in total. The Kier molecular flexibility index (Phi) is 5.78. The van der Waals surface area contributed by atoms with E-state index in [9.17, 15) is 4.79 Å². The Bertz CT molecular complexity index is 917. The van der Waals surface area contributed by atoms with E-state index < -0.39 is 0 Å². The Morgan fingerprint density at radius 3 is 2.64 bits per heavy atom. The summed E-state index contributed by atoms with van der Waals surface area (Å²) in [6.07, 6.45) is 1.82. The second-order valence-corrected chi connectivity index (χ2v) is 6.62. The van der Waals surface area contributed by atoms with Gasteiger partial charge in [-0.1, -0.05) is 0 Å². The van der Waals surface area contributed by atoms with Gasteiger partial charge in [0.05, 0.1) is 19.4 Å². The third-order valence-electron chi connectivity index (χ3n) is 4.42. The smallest absolute Gasteiger partial charge is 0.231 e. The van der Waals surface area contributed by atoms with Crippen LogP contribution in [0.4, 0.5) is 5.69 Å². The normalized spacial score (nSPS) is 12.7. The second kappa shape index (κ2) is 8.25. The molecule has 0 unspecified atom stereocenters. The van der Waals surface area contributed by atoms with Crippen LogP contribution in [0, 0.1) is 0 Å². The maximum absolute atomic E-state index is 13.0. The van der Waals surface area contributed by atoms with Crippen molar-refractivity contribution < 1.29 is 23.7 Å². The molecule has 0 radical (unpaired) electrons. The zero-order chi connectivity index (χ0) is 20.3. The average Bonchev–Trinajstić information content (AvgIpc) is 3.15. The van der Waals surface area contributed by atoms with Gasteiger partial charge in [-0.15, -0.1) is 0 Å². The van der Waals surface area contributed by atoms with Gasteiger partial charge in [-0.2, -0.15) is 0 Å². The first-order chi connectivity index (χ1) is 13.4. The van der Waals surface area contributed by atoms with E-state index in [2.05, 4.69) is 0 Å². The highest BCUT2D eigenvalue weighted by Crippen LogP contribution is 2.42. The molecule has 0 saturated carbocycles. The zero-order valence-corrected chi connectivity index (χ0v) is 16.9. The van der Waals surface area contributed by atoms with E-state index in [1.807, 2.05) is 56.3 Å². The molecule has 3 rings (SSSR count). The summed E-state index contributed by atoms with van der Waals surface area (Å²) in [4.78, 5) is 14.9. The van der Waals surface area contributed by atoms with Gasteiger partial charge in [0, 0.05) is 19.7 Å². The molecular formula is C22H25NO5. The number of carbonyl (C=O) groups is 1. The molecular weight excluding hydrogens is 358 g/mol. The van der Waals surface area contributed by atoms with E-state index in [0.29, 0.717) is 35.0 Å². The lowest BCUT2D eigenvalue weighted by Gasteiger charge is -2.18. The number of hydrogen-bond donors (Lipinski definition) is 0. The molecule has 0 fully saturated rings. The first-order valence-electron chi connectivity index (χ1n) is 9.09. The third kappa shape index (κ3) is 3.91. The number of rotatable bonds is 7. The van der Waals surface area contributed by atoms with E-state index in [-0.39, 0.29) is 12.6 Å². The molecule has 0 spiro atoms. The Balaban J connectivity index is 1.91. The molecule has 0 aromatic heterocycles. The van der Waals surface area contributed by atoms with E-state index in [4.69, 9.17) is 18.9 Å². The number of fused-ring (bicyclic) bond motifs is 1. The maximum atomic E-state index is 13.0. The zero-order valence-electron chi connectivity index (χ0n) is 16.9. The fourth-order valence-corrected chi connectivity index (χ4v) is 3.06. The molecule has 28 heavy (non-hydrogen) atoms. The minimum absolute atomic E-state index is 0.0530. The van der Waals surface area contributed by atoms with E-state index >= 15 is 0 Å². The predicted molar refractivity (Wildman–Crippen MR) is 109 cm³/mol. The summed E-state index contributed by atoms with van der Waals surface area (Å²) in [5.74, 6) is 2.49. The minimum Gasteiger partial charge on any atom is -0.493 e. The van der Waals surface area contributed by atoms with Crippen molar-refractivity contribution >= 4 is 17.5 Å². The van der Waals surface area contributed by atoms with Crippen molar-refractivity contribution in [2.45, 2.75) is 13.8 Å². The summed E-state index contributed by atoms with van der Waals surface area (Å²) in [7, 11) is 5.42. The van der Waals surface area contributed by atoms with Gasteiger partial charge in [0.1, 0.15) is 5.75 Å². The van der Waals surface area contributed by atoms with Crippen LogP contribution < -0.4 is 23.8 Å². The minimum atomic E-state index is -0.0530. The molecule has 6 nitrogen and oxygen atoms in total. The fourth-order valence-electron chi connectivity index (χ4n) is 3.06. The van der Waals surface area contributed by atoms with Crippen LogP contribution >= 0.6 is 0 Å². The van der Waals surface area contributed by atoms with E-state index in [1.54, 1.807) is 20.1 Å². The topological polar surface area (TPSA) is 57.2 Å². The number of allylic oxidation sites excluding steroid dienone is 1. The molecule has 0 atom stereocenters. The number of carbonyl (C=O) groups excluding carboxylic acids is 1. The Morgan fingerprint density at radius 1 is 1.18 bits per heavy atom. The van der Waals surface area contributed by atoms with Crippen molar-refractivity contribution in [1.29, 1.82) is 0 Å². The molecule has 1 aliphatic heterocycles. The maximum Gasteiger partial charge on any atom is 0.231 e. The van der Waals surface area contributed by atoms with Crippen LogP contribution in [0.2, 0.25) is 0 Å². The lowest BCUT2D eigenvalue weighted by Crippen LogP contribution is -2.12. The summed E-state index contributed by atoms with van der Waals surface area (Å²) < 4.78 is 21.9. The molecule has 0 aliphatic carbocycles. The van der Waals surface area contributed by atoms with Crippen molar-refractivity contribution in [3.05, 3.63) is 47.0 Å². The van der Waals surface area contributed by atoms with Gasteiger partial charge in [0.15, 0.2) is 17.3 Å². The molecule has 6 heteroatoms. The highest BCUT2D eigenvalue weighted by molar-refractivity contribution is 6.11. The lowest BCUT2D eigenvalue weighted by atomic mass is 10.0. The van der Waals surface area contributed by atoms with Crippen LogP contribution in [0.15, 0.2) is 35.9 Å². The largest absolute Gasteiger partial charge is 0.493 e. The Labute approximate surface area is 165 Å². The van der Waals surface area contributed by atoms with Crippen molar-refractivity contribution in [2.75, 3.05) is 39.5 Å². The number of ketones is 1. The molecule has 1 heterocycles.